The summed E-state index contributed by atoms with van der Waals surface area (Å²) in [4.78, 5) is 12.7. The highest BCUT2D eigenvalue weighted by atomic mass is 19.1. The Labute approximate surface area is 71.4 Å². The molecule has 0 spiro atoms. The largest absolute Gasteiger partial charge is 0.326 e. The van der Waals surface area contributed by atoms with Crippen molar-refractivity contribution in [2.24, 2.45) is 0 Å². The van der Waals surface area contributed by atoms with Gasteiger partial charge in [-0.2, -0.15) is 0 Å². The molecule has 0 aliphatic carbocycles. The van der Waals surface area contributed by atoms with E-state index in [1.807, 2.05) is 20.8 Å². The molecule has 0 bridgehead atoms. The molecule has 1 aromatic rings. The molecule has 1 heterocycles. The highest BCUT2D eigenvalue weighted by molar-refractivity contribution is 5.09. The Bertz CT molecular complexity index is 280. The molecule has 0 aliphatic rings. The van der Waals surface area contributed by atoms with Crippen molar-refractivity contribution < 1.29 is 4.39 Å². The van der Waals surface area contributed by atoms with E-state index < -0.39 is 11.4 Å². The Morgan fingerprint density at radius 1 is 1.50 bits per heavy atom. The van der Waals surface area contributed by atoms with Crippen LogP contribution >= 0.6 is 0 Å². The predicted octanol–water partition coefficient (Wildman–Crippen LogP) is 2.10. The summed E-state index contributed by atoms with van der Waals surface area (Å²) in [7, 11) is 0. The van der Waals surface area contributed by atoms with Crippen molar-refractivity contribution >= 4 is 0 Å². The van der Waals surface area contributed by atoms with Gasteiger partial charge < -0.3 is 4.98 Å². The standard InChI is InChI=1S/C7H8FNO.C2H6/c1-2-5-3-6(8)7(10)9-4-5;1-2/h3-4H,2H2,1H3,(H,9,10);1-2H3. The molecule has 68 valence electrons. The average molecular weight is 171 g/mol. The topological polar surface area (TPSA) is 32.9 Å². The number of pyridine rings is 1. The van der Waals surface area contributed by atoms with Crippen LogP contribution < -0.4 is 5.56 Å². The average Bonchev–Trinajstić information content (AvgIpc) is 2.13. The summed E-state index contributed by atoms with van der Waals surface area (Å²) in [5.41, 5.74) is 0.147. The van der Waals surface area contributed by atoms with Gasteiger partial charge in [-0.05, 0) is 18.1 Å². The maximum absolute atomic E-state index is 12.4. The van der Waals surface area contributed by atoms with Gasteiger partial charge >= 0.3 is 0 Å². The first-order valence-electron chi connectivity index (χ1n) is 4.11. The fourth-order valence-electron chi connectivity index (χ4n) is 0.701. The molecule has 12 heavy (non-hydrogen) atoms. The van der Waals surface area contributed by atoms with E-state index in [4.69, 9.17) is 0 Å². The highest BCUT2D eigenvalue weighted by Crippen LogP contribution is 1.96. The van der Waals surface area contributed by atoms with Gasteiger partial charge in [-0.25, -0.2) is 4.39 Å². The molecule has 1 aromatic heterocycles. The minimum atomic E-state index is -0.709. The minimum absolute atomic E-state index is 0.655. The van der Waals surface area contributed by atoms with Crippen LogP contribution in [0.2, 0.25) is 0 Å². The maximum Gasteiger partial charge on any atom is 0.283 e. The summed E-state index contributed by atoms with van der Waals surface area (Å²) in [6, 6.07) is 1.25. The molecule has 0 saturated heterocycles. The lowest BCUT2D eigenvalue weighted by molar-refractivity contribution is 0.606. The number of aromatic nitrogens is 1. The lowest BCUT2D eigenvalue weighted by Gasteiger charge is -1.92. The molecular formula is C9H14FNO. The van der Waals surface area contributed by atoms with Crippen molar-refractivity contribution in [1.29, 1.82) is 0 Å². The fourth-order valence-corrected chi connectivity index (χ4v) is 0.701. The van der Waals surface area contributed by atoms with Gasteiger partial charge in [0.1, 0.15) is 0 Å². The van der Waals surface area contributed by atoms with Crippen LogP contribution in [0.15, 0.2) is 17.1 Å². The third kappa shape index (κ3) is 2.86. The quantitative estimate of drug-likeness (QED) is 0.689. The normalized spacial score (nSPS) is 8.67. The van der Waals surface area contributed by atoms with Gasteiger partial charge in [0.05, 0.1) is 0 Å². The number of hydrogen-bond acceptors (Lipinski definition) is 1. The Kier molecular flexibility index (Phi) is 5.00. The second-order valence-electron chi connectivity index (χ2n) is 2.04. The van der Waals surface area contributed by atoms with Crippen LogP contribution in [0.3, 0.4) is 0 Å². The monoisotopic (exact) mass is 171 g/mol. The van der Waals surface area contributed by atoms with Crippen LogP contribution in [0.4, 0.5) is 4.39 Å². The Balaban J connectivity index is 0.000000561. The molecule has 0 amide bonds. The number of rotatable bonds is 1. The van der Waals surface area contributed by atoms with E-state index in [0.717, 1.165) is 12.0 Å². The SMILES string of the molecule is CC.CCc1c[nH]c(=O)c(F)c1. The van der Waals surface area contributed by atoms with Crippen molar-refractivity contribution in [3.63, 3.8) is 0 Å². The number of hydrogen-bond donors (Lipinski definition) is 1. The first-order chi connectivity index (χ1) is 5.74. The van der Waals surface area contributed by atoms with Gasteiger partial charge in [0.15, 0.2) is 5.82 Å². The molecule has 3 heteroatoms. The first-order valence-corrected chi connectivity index (χ1v) is 4.11. The lowest BCUT2D eigenvalue weighted by Crippen LogP contribution is -2.09. The molecular weight excluding hydrogens is 157 g/mol. The third-order valence-corrected chi connectivity index (χ3v) is 1.33. The van der Waals surface area contributed by atoms with E-state index in [9.17, 15) is 9.18 Å². The number of aryl methyl sites for hydroxylation is 1. The van der Waals surface area contributed by atoms with Crippen molar-refractivity contribution in [3.8, 4) is 0 Å². The number of halogens is 1. The Morgan fingerprint density at radius 2 is 2.08 bits per heavy atom. The van der Waals surface area contributed by atoms with Crippen LogP contribution in [0.5, 0.6) is 0 Å². The molecule has 2 nitrogen and oxygen atoms in total. The Hall–Kier alpha value is -1.12. The van der Waals surface area contributed by atoms with Gasteiger partial charge in [0.2, 0.25) is 0 Å². The second-order valence-corrected chi connectivity index (χ2v) is 2.04. The van der Waals surface area contributed by atoms with Gasteiger partial charge in [0, 0.05) is 6.20 Å². The van der Waals surface area contributed by atoms with E-state index in [1.165, 1.54) is 12.3 Å². The van der Waals surface area contributed by atoms with E-state index in [0.29, 0.717) is 0 Å². The van der Waals surface area contributed by atoms with Crippen molar-refractivity contribution in [3.05, 3.63) is 34.0 Å². The number of H-pyrrole nitrogens is 1. The molecule has 0 aliphatic heterocycles. The summed E-state index contributed by atoms with van der Waals surface area (Å²) in [6.45, 7) is 5.90. The first kappa shape index (κ1) is 10.9. The fraction of sp³-hybridized carbons (Fsp3) is 0.444. The minimum Gasteiger partial charge on any atom is -0.326 e. The van der Waals surface area contributed by atoms with Crippen molar-refractivity contribution in [2.45, 2.75) is 27.2 Å². The summed E-state index contributed by atoms with van der Waals surface area (Å²) in [5, 5.41) is 0. The summed E-state index contributed by atoms with van der Waals surface area (Å²) >= 11 is 0. The lowest BCUT2D eigenvalue weighted by atomic mass is 10.2. The number of nitrogens with one attached hydrogen (secondary N) is 1. The smallest absolute Gasteiger partial charge is 0.283 e. The summed E-state index contributed by atoms with van der Waals surface area (Å²) < 4.78 is 12.4. The molecule has 0 unspecified atom stereocenters. The van der Waals surface area contributed by atoms with Crippen LogP contribution in [0.25, 0.3) is 0 Å². The maximum atomic E-state index is 12.4. The third-order valence-electron chi connectivity index (χ3n) is 1.33. The van der Waals surface area contributed by atoms with Gasteiger partial charge in [-0.15, -0.1) is 0 Å². The summed E-state index contributed by atoms with van der Waals surface area (Å²) in [5.74, 6) is -0.709. The zero-order chi connectivity index (χ0) is 9.56. The molecule has 0 atom stereocenters. The van der Waals surface area contributed by atoms with Crippen LogP contribution in [-0.2, 0) is 6.42 Å². The highest BCUT2D eigenvalue weighted by Gasteiger charge is 1.96. The van der Waals surface area contributed by atoms with E-state index in [-0.39, 0.29) is 0 Å². The van der Waals surface area contributed by atoms with Gasteiger partial charge in [-0.1, -0.05) is 20.8 Å². The van der Waals surface area contributed by atoms with Crippen LogP contribution in [0.1, 0.15) is 26.3 Å². The van der Waals surface area contributed by atoms with E-state index >= 15 is 0 Å². The zero-order valence-corrected chi connectivity index (χ0v) is 7.65. The molecule has 0 fully saturated rings. The predicted molar refractivity (Wildman–Crippen MR) is 47.7 cm³/mol. The van der Waals surface area contributed by atoms with Crippen LogP contribution in [0, 0.1) is 5.82 Å². The molecule has 1 rings (SSSR count). The van der Waals surface area contributed by atoms with Crippen molar-refractivity contribution in [2.75, 3.05) is 0 Å². The van der Waals surface area contributed by atoms with E-state index in [2.05, 4.69) is 4.98 Å². The van der Waals surface area contributed by atoms with Crippen LogP contribution in [-0.4, -0.2) is 4.98 Å². The Morgan fingerprint density at radius 3 is 2.50 bits per heavy atom. The molecule has 0 aromatic carbocycles. The summed E-state index contributed by atoms with van der Waals surface area (Å²) in [6.07, 6.45) is 2.25. The second kappa shape index (κ2) is 5.52. The van der Waals surface area contributed by atoms with E-state index in [1.54, 1.807) is 0 Å². The van der Waals surface area contributed by atoms with Gasteiger partial charge in [0.25, 0.3) is 5.56 Å². The zero-order valence-electron chi connectivity index (χ0n) is 7.65. The molecule has 1 N–H and O–H groups in total. The van der Waals surface area contributed by atoms with Gasteiger partial charge in [-0.3, -0.25) is 4.79 Å². The van der Waals surface area contributed by atoms with Crippen molar-refractivity contribution in [1.82, 2.24) is 4.98 Å². The molecule has 0 radical (unpaired) electrons. The number of aromatic amines is 1. The molecule has 0 saturated carbocycles.